The van der Waals surface area contributed by atoms with Crippen LogP contribution in [0.15, 0.2) is 24.3 Å². The van der Waals surface area contributed by atoms with Crippen molar-refractivity contribution in [3.8, 4) is 0 Å². The first-order chi connectivity index (χ1) is 10.4. The SMILES string of the molecule is CC1CCCC(CCc2cccc(C(C)C(C)(C)C)c2)CC1. The number of aryl methyl sites for hydroxylation is 1. The van der Waals surface area contributed by atoms with E-state index in [9.17, 15) is 0 Å². The fourth-order valence-corrected chi connectivity index (χ4v) is 3.74. The smallest absolute Gasteiger partial charge is 0.0142 e. The molecule has 1 aromatic rings. The maximum atomic E-state index is 2.47. The van der Waals surface area contributed by atoms with E-state index in [1.54, 1.807) is 5.56 Å². The van der Waals surface area contributed by atoms with Crippen molar-refractivity contribution in [1.82, 2.24) is 0 Å². The van der Waals surface area contributed by atoms with Gasteiger partial charge in [-0.2, -0.15) is 0 Å². The molecular weight excluding hydrogens is 264 g/mol. The lowest BCUT2D eigenvalue weighted by Gasteiger charge is -2.28. The van der Waals surface area contributed by atoms with Crippen LogP contribution < -0.4 is 0 Å². The molecule has 1 aliphatic carbocycles. The minimum Gasteiger partial charge on any atom is -0.0625 e. The predicted octanol–water partition coefficient (Wildman–Crippen LogP) is 6.99. The van der Waals surface area contributed by atoms with Crippen molar-refractivity contribution in [2.45, 2.75) is 85.5 Å². The van der Waals surface area contributed by atoms with Gasteiger partial charge in [-0.05, 0) is 47.1 Å². The molecule has 0 N–H and O–H groups in total. The average molecular weight is 301 g/mol. The van der Waals surface area contributed by atoms with Crippen molar-refractivity contribution in [3.05, 3.63) is 35.4 Å². The van der Waals surface area contributed by atoms with Crippen LogP contribution in [0.4, 0.5) is 0 Å². The van der Waals surface area contributed by atoms with Crippen molar-refractivity contribution in [2.75, 3.05) is 0 Å². The van der Waals surface area contributed by atoms with E-state index < -0.39 is 0 Å². The Labute approximate surface area is 138 Å². The summed E-state index contributed by atoms with van der Waals surface area (Å²) in [5.74, 6) is 2.54. The lowest BCUT2D eigenvalue weighted by molar-refractivity contribution is 0.339. The van der Waals surface area contributed by atoms with Gasteiger partial charge in [0.2, 0.25) is 0 Å². The molecule has 0 bridgehead atoms. The lowest BCUT2D eigenvalue weighted by Crippen LogP contribution is -2.15. The molecule has 1 aromatic carbocycles. The Kier molecular flexibility index (Phi) is 6.12. The molecule has 1 saturated carbocycles. The minimum absolute atomic E-state index is 0.343. The summed E-state index contributed by atoms with van der Waals surface area (Å²) < 4.78 is 0. The molecule has 0 radical (unpaired) electrons. The van der Waals surface area contributed by atoms with Gasteiger partial charge in [0.1, 0.15) is 0 Å². The zero-order valence-electron chi connectivity index (χ0n) is 15.5. The van der Waals surface area contributed by atoms with E-state index >= 15 is 0 Å². The molecule has 1 aliphatic rings. The summed E-state index contributed by atoms with van der Waals surface area (Å²) in [6.45, 7) is 11.8. The number of hydrogen-bond acceptors (Lipinski definition) is 0. The highest BCUT2D eigenvalue weighted by atomic mass is 14.3. The molecule has 0 amide bonds. The van der Waals surface area contributed by atoms with Crippen LogP contribution in [-0.4, -0.2) is 0 Å². The fourth-order valence-electron chi connectivity index (χ4n) is 3.74. The Balaban J connectivity index is 1.93. The maximum absolute atomic E-state index is 2.47. The van der Waals surface area contributed by atoms with Gasteiger partial charge in [0.05, 0.1) is 0 Å². The molecular formula is C22H36. The van der Waals surface area contributed by atoms with Crippen molar-refractivity contribution >= 4 is 0 Å². The second-order valence-electron chi connectivity index (χ2n) is 8.85. The number of hydrogen-bond donors (Lipinski definition) is 0. The van der Waals surface area contributed by atoms with Crippen molar-refractivity contribution in [3.63, 3.8) is 0 Å². The van der Waals surface area contributed by atoms with Gasteiger partial charge in [-0.3, -0.25) is 0 Å². The molecule has 0 aromatic heterocycles. The molecule has 0 spiro atoms. The summed E-state index contributed by atoms with van der Waals surface area (Å²) in [4.78, 5) is 0. The highest BCUT2D eigenvalue weighted by molar-refractivity contribution is 5.27. The summed E-state index contributed by atoms with van der Waals surface area (Å²) in [6.07, 6.45) is 9.93. The van der Waals surface area contributed by atoms with Gasteiger partial charge in [0, 0.05) is 0 Å². The molecule has 1 fully saturated rings. The quantitative estimate of drug-likeness (QED) is 0.526. The van der Waals surface area contributed by atoms with E-state index in [0.717, 1.165) is 11.8 Å². The fraction of sp³-hybridized carbons (Fsp3) is 0.727. The Morgan fingerprint density at radius 3 is 2.59 bits per heavy atom. The first-order valence-corrected chi connectivity index (χ1v) is 9.45. The van der Waals surface area contributed by atoms with Crippen LogP contribution >= 0.6 is 0 Å². The predicted molar refractivity (Wildman–Crippen MR) is 98.4 cm³/mol. The van der Waals surface area contributed by atoms with Crippen LogP contribution in [0.5, 0.6) is 0 Å². The molecule has 3 unspecified atom stereocenters. The van der Waals surface area contributed by atoms with E-state index in [1.807, 2.05) is 0 Å². The molecule has 0 saturated heterocycles. The molecule has 0 heterocycles. The van der Waals surface area contributed by atoms with Crippen molar-refractivity contribution in [1.29, 1.82) is 0 Å². The molecule has 124 valence electrons. The van der Waals surface area contributed by atoms with Crippen molar-refractivity contribution in [2.24, 2.45) is 17.3 Å². The molecule has 0 heteroatoms. The molecule has 2 rings (SSSR count). The van der Waals surface area contributed by atoms with Gasteiger partial charge in [-0.25, -0.2) is 0 Å². The first kappa shape index (κ1) is 17.6. The van der Waals surface area contributed by atoms with Crippen LogP contribution in [0.2, 0.25) is 0 Å². The van der Waals surface area contributed by atoms with Gasteiger partial charge in [-0.15, -0.1) is 0 Å². The third-order valence-electron chi connectivity index (χ3n) is 5.97. The maximum Gasteiger partial charge on any atom is -0.0142 e. The first-order valence-electron chi connectivity index (χ1n) is 9.45. The zero-order valence-corrected chi connectivity index (χ0v) is 15.5. The summed E-state index contributed by atoms with van der Waals surface area (Å²) in [6, 6.07) is 9.38. The zero-order chi connectivity index (χ0) is 16.2. The van der Waals surface area contributed by atoms with Crippen LogP contribution in [0.1, 0.15) is 90.2 Å². The highest BCUT2D eigenvalue weighted by Gasteiger charge is 2.22. The van der Waals surface area contributed by atoms with Gasteiger partial charge in [0.25, 0.3) is 0 Å². The third kappa shape index (κ3) is 5.14. The standard InChI is InChI=1S/C22H36/c1-17-8-6-9-19(13-12-17)14-15-20-10-7-11-21(16-20)18(2)22(3,4)5/h7,10-11,16-19H,6,8-9,12-15H2,1-5H3. The summed E-state index contributed by atoms with van der Waals surface area (Å²) in [7, 11) is 0. The van der Waals surface area contributed by atoms with E-state index in [0.29, 0.717) is 11.3 Å². The van der Waals surface area contributed by atoms with Crippen LogP contribution in [0.25, 0.3) is 0 Å². The Hall–Kier alpha value is -0.780. The van der Waals surface area contributed by atoms with E-state index in [1.165, 1.54) is 50.5 Å². The van der Waals surface area contributed by atoms with Crippen LogP contribution in [-0.2, 0) is 6.42 Å². The van der Waals surface area contributed by atoms with Crippen molar-refractivity contribution < 1.29 is 0 Å². The third-order valence-corrected chi connectivity index (χ3v) is 5.97. The Morgan fingerprint density at radius 2 is 1.86 bits per heavy atom. The average Bonchev–Trinajstić information content (AvgIpc) is 2.68. The molecule has 0 aliphatic heterocycles. The second-order valence-corrected chi connectivity index (χ2v) is 8.85. The largest absolute Gasteiger partial charge is 0.0625 e. The normalized spacial score (nSPS) is 24.8. The summed E-state index contributed by atoms with van der Waals surface area (Å²) >= 11 is 0. The molecule has 3 atom stereocenters. The molecule has 0 nitrogen and oxygen atoms in total. The van der Waals surface area contributed by atoms with Gasteiger partial charge in [-0.1, -0.05) is 91.0 Å². The van der Waals surface area contributed by atoms with E-state index in [2.05, 4.69) is 58.9 Å². The highest BCUT2D eigenvalue weighted by Crippen LogP contribution is 2.35. The lowest BCUT2D eigenvalue weighted by atomic mass is 9.77. The van der Waals surface area contributed by atoms with Gasteiger partial charge >= 0.3 is 0 Å². The Bertz CT molecular complexity index is 451. The number of rotatable bonds is 4. The molecule has 22 heavy (non-hydrogen) atoms. The van der Waals surface area contributed by atoms with Crippen LogP contribution in [0.3, 0.4) is 0 Å². The van der Waals surface area contributed by atoms with Gasteiger partial charge in [0.15, 0.2) is 0 Å². The number of benzene rings is 1. The minimum atomic E-state index is 0.343. The van der Waals surface area contributed by atoms with E-state index in [-0.39, 0.29) is 0 Å². The summed E-state index contributed by atoms with van der Waals surface area (Å²) in [5.41, 5.74) is 3.40. The van der Waals surface area contributed by atoms with E-state index in [4.69, 9.17) is 0 Å². The van der Waals surface area contributed by atoms with Gasteiger partial charge < -0.3 is 0 Å². The topological polar surface area (TPSA) is 0 Å². The van der Waals surface area contributed by atoms with Crippen LogP contribution in [0, 0.1) is 17.3 Å². The monoisotopic (exact) mass is 300 g/mol. The second kappa shape index (κ2) is 7.66. The Morgan fingerprint density at radius 1 is 1.09 bits per heavy atom. The summed E-state index contributed by atoms with van der Waals surface area (Å²) in [5, 5.41) is 0.